The molecule has 3 aromatic rings. The Labute approximate surface area is 181 Å². The Morgan fingerprint density at radius 3 is 2.71 bits per heavy atom. The van der Waals surface area contributed by atoms with E-state index in [4.69, 9.17) is 10.7 Å². The number of amides is 1. The number of rotatable bonds is 4. The maximum Gasteiger partial charge on any atom is 0.242 e. The molecule has 2 N–H and O–H groups in total. The van der Waals surface area contributed by atoms with Gasteiger partial charge in [0.2, 0.25) is 5.91 Å². The van der Waals surface area contributed by atoms with Gasteiger partial charge < -0.3 is 15.2 Å². The van der Waals surface area contributed by atoms with Gasteiger partial charge in [0.15, 0.2) is 5.82 Å². The number of hydrogen-bond donors (Lipinski definition) is 1. The average Bonchev–Trinajstić information content (AvgIpc) is 3.32. The molecule has 152 valence electrons. The summed E-state index contributed by atoms with van der Waals surface area (Å²) in [5.74, 6) is 1.35. The van der Waals surface area contributed by atoms with E-state index in [0.717, 1.165) is 40.4 Å². The van der Waals surface area contributed by atoms with E-state index in [2.05, 4.69) is 11.9 Å². The molecule has 1 aliphatic rings. The number of para-hydroxylation sites is 2. The van der Waals surface area contributed by atoms with E-state index in [-0.39, 0.29) is 43.3 Å². The molecule has 6 nitrogen and oxygen atoms in total. The number of fused-ring (bicyclic) bond motifs is 1. The van der Waals surface area contributed by atoms with Crippen molar-refractivity contribution in [3.63, 3.8) is 0 Å². The summed E-state index contributed by atoms with van der Waals surface area (Å²) in [6.45, 7) is 5.75. The van der Waals surface area contributed by atoms with E-state index < -0.39 is 0 Å². The van der Waals surface area contributed by atoms with Gasteiger partial charge in [0.25, 0.3) is 0 Å². The monoisotopic (exact) mass is 441 g/mol. The average molecular weight is 442 g/mol. The van der Waals surface area contributed by atoms with E-state index in [0.29, 0.717) is 12.5 Å². The van der Waals surface area contributed by atoms with Crippen LogP contribution in [0, 0.1) is 12.8 Å². The van der Waals surface area contributed by atoms with Crippen LogP contribution in [-0.4, -0.2) is 44.5 Å². The summed E-state index contributed by atoms with van der Waals surface area (Å²) in [5.41, 5.74) is 10.5. The number of imidazole rings is 1. The number of halogens is 2. The zero-order valence-electron chi connectivity index (χ0n) is 15.9. The molecule has 0 radical (unpaired) electrons. The molecule has 0 bridgehead atoms. The molecule has 2 aromatic heterocycles. The maximum atomic E-state index is 13.1. The van der Waals surface area contributed by atoms with Crippen molar-refractivity contribution < 1.29 is 4.79 Å². The van der Waals surface area contributed by atoms with Gasteiger partial charge in [-0.2, -0.15) is 0 Å². The molecule has 1 fully saturated rings. The Bertz CT molecular complexity index is 957. The van der Waals surface area contributed by atoms with Crippen LogP contribution in [-0.2, 0) is 11.3 Å². The third-order valence-corrected chi connectivity index (χ3v) is 6.14. The lowest BCUT2D eigenvalue weighted by atomic mass is 10.1. The standard InChI is InChI=1S/C19H23N5OS.2ClH/c1-12-7-14(8-20)9-23(12)17(25)10-24-16-6-4-3-5-15(16)22-19(24)18-13(2)21-11-26-18;;/h3-6,11-12,14H,7-10,20H2,1-2H3;2*1H. The van der Waals surface area contributed by atoms with Crippen LogP contribution in [0.25, 0.3) is 21.7 Å². The summed E-state index contributed by atoms with van der Waals surface area (Å²) in [7, 11) is 0. The molecule has 3 heterocycles. The molecule has 1 aromatic carbocycles. The lowest BCUT2D eigenvalue weighted by Gasteiger charge is -2.22. The number of carbonyl (C=O) groups excluding carboxylic acids is 1. The highest BCUT2D eigenvalue weighted by Gasteiger charge is 2.32. The smallest absolute Gasteiger partial charge is 0.242 e. The van der Waals surface area contributed by atoms with Gasteiger partial charge in [-0.25, -0.2) is 9.97 Å². The van der Waals surface area contributed by atoms with Crippen molar-refractivity contribution in [2.24, 2.45) is 11.7 Å². The number of likely N-dealkylation sites (tertiary alicyclic amines) is 1. The van der Waals surface area contributed by atoms with Crippen LogP contribution in [0.1, 0.15) is 19.0 Å². The van der Waals surface area contributed by atoms with E-state index in [9.17, 15) is 4.79 Å². The highest BCUT2D eigenvalue weighted by molar-refractivity contribution is 7.13. The van der Waals surface area contributed by atoms with Crippen molar-refractivity contribution in [3.05, 3.63) is 35.5 Å². The van der Waals surface area contributed by atoms with Crippen LogP contribution in [0.5, 0.6) is 0 Å². The Morgan fingerprint density at radius 1 is 1.32 bits per heavy atom. The molecule has 0 aliphatic carbocycles. The number of hydrogen-bond acceptors (Lipinski definition) is 5. The van der Waals surface area contributed by atoms with Crippen molar-refractivity contribution in [2.45, 2.75) is 32.9 Å². The van der Waals surface area contributed by atoms with Gasteiger partial charge in [0, 0.05) is 12.6 Å². The number of benzene rings is 1. The Morgan fingerprint density at radius 2 is 2.07 bits per heavy atom. The minimum absolute atomic E-state index is 0. The second kappa shape index (κ2) is 9.22. The Kier molecular flexibility index (Phi) is 7.45. The van der Waals surface area contributed by atoms with Crippen molar-refractivity contribution in [3.8, 4) is 10.7 Å². The molecule has 9 heteroatoms. The molecule has 2 atom stereocenters. The summed E-state index contributed by atoms with van der Waals surface area (Å²) in [4.78, 5) is 25.2. The van der Waals surface area contributed by atoms with Crippen LogP contribution in [0.2, 0.25) is 0 Å². The Hall–Kier alpha value is -1.67. The third kappa shape index (κ3) is 4.03. The first-order valence-electron chi connectivity index (χ1n) is 8.93. The fourth-order valence-corrected chi connectivity index (χ4v) is 4.61. The van der Waals surface area contributed by atoms with Gasteiger partial charge >= 0.3 is 0 Å². The number of carbonyl (C=O) groups is 1. The summed E-state index contributed by atoms with van der Waals surface area (Å²) < 4.78 is 2.03. The van der Waals surface area contributed by atoms with Gasteiger partial charge in [-0.1, -0.05) is 12.1 Å². The summed E-state index contributed by atoms with van der Waals surface area (Å²) in [6.07, 6.45) is 0.980. The number of aryl methyl sites for hydroxylation is 1. The molecule has 2 unspecified atom stereocenters. The van der Waals surface area contributed by atoms with Crippen molar-refractivity contribution >= 4 is 53.1 Å². The van der Waals surface area contributed by atoms with Gasteiger partial charge in [0.1, 0.15) is 6.54 Å². The molecule has 4 rings (SSSR count). The van der Waals surface area contributed by atoms with Crippen LogP contribution in [0.4, 0.5) is 0 Å². The number of aromatic nitrogens is 3. The van der Waals surface area contributed by atoms with Crippen LogP contribution >= 0.6 is 36.2 Å². The topological polar surface area (TPSA) is 77.0 Å². The first-order valence-corrected chi connectivity index (χ1v) is 9.81. The van der Waals surface area contributed by atoms with E-state index in [1.807, 2.05) is 46.2 Å². The first-order chi connectivity index (χ1) is 12.6. The maximum absolute atomic E-state index is 13.1. The second-order valence-electron chi connectivity index (χ2n) is 7.01. The highest BCUT2D eigenvalue weighted by Crippen LogP contribution is 2.31. The number of nitrogens with zero attached hydrogens (tertiary/aromatic N) is 4. The molecule has 0 saturated carbocycles. The normalized spacial score (nSPS) is 18.8. The van der Waals surface area contributed by atoms with Crippen molar-refractivity contribution in [1.82, 2.24) is 19.4 Å². The quantitative estimate of drug-likeness (QED) is 0.671. The van der Waals surface area contributed by atoms with Gasteiger partial charge in [-0.3, -0.25) is 4.79 Å². The molecule has 1 aliphatic heterocycles. The summed E-state index contributed by atoms with van der Waals surface area (Å²) in [6, 6.07) is 8.20. The largest absolute Gasteiger partial charge is 0.338 e. The lowest BCUT2D eigenvalue weighted by molar-refractivity contribution is -0.132. The van der Waals surface area contributed by atoms with Crippen LogP contribution in [0.3, 0.4) is 0 Å². The summed E-state index contributed by atoms with van der Waals surface area (Å²) in [5, 5.41) is 0. The Balaban J connectivity index is 0.00000140. The molecule has 0 spiro atoms. The first kappa shape index (κ1) is 22.6. The number of thiazole rings is 1. The SMILES string of the molecule is Cc1ncsc1-c1nc2ccccc2n1CC(=O)N1CC(CN)CC1C.Cl.Cl. The van der Waals surface area contributed by atoms with Gasteiger partial charge in [-0.05, 0) is 44.9 Å². The lowest BCUT2D eigenvalue weighted by Crippen LogP contribution is -2.37. The van der Waals surface area contributed by atoms with E-state index >= 15 is 0 Å². The van der Waals surface area contributed by atoms with Crippen LogP contribution in [0.15, 0.2) is 29.8 Å². The van der Waals surface area contributed by atoms with Gasteiger partial charge in [-0.15, -0.1) is 36.2 Å². The highest BCUT2D eigenvalue weighted by atomic mass is 35.5. The third-order valence-electron chi connectivity index (χ3n) is 5.21. The molecular formula is C19H25Cl2N5OS. The number of nitrogens with two attached hydrogens (primary N) is 1. The second-order valence-corrected chi connectivity index (χ2v) is 7.86. The molecular weight excluding hydrogens is 417 g/mol. The predicted octanol–water partition coefficient (Wildman–Crippen LogP) is 3.51. The fraction of sp³-hybridized carbons (Fsp3) is 0.421. The minimum Gasteiger partial charge on any atom is -0.338 e. The zero-order valence-corrected chi connectivity index (χ0v) is 18.3. The fourth-order valence-electron chi connectivity index (χ4n) is 3.81. The van der Waals surface area contributed by atoms with Gasteiger partial charge in [0.05, 0.1) is 27.1 Å². The van der Waals surface area contributed by atoms with Crippen LogP contribution < -0.4 is 5.73 Å². The zero-order chi connectivity index (χ0) is 18.3. The molecule has 28 heavy (non-hydrogen) atoms. The minimum atomic E-state index is 0. The van der Waals surface area contributed by atoms with E-state index in [1.54, 1.807) is 11.3 Å². The molecule has 1 saturated heterocycles. The van der Waals surface area contributed by atoms with Crippen molar-refractivity contribution in [2.75, 3.05) is 13.1 Å². The molecule has 1 amide bonds. The van der Waals surface area contributed by atoms with Crippen molar-refractivity contribution in [1.29, 1.82) is 0 Å². The predicted molar refractivity (Wildman–Crippen MR) is 118 cm³/mol. The summed E-state index contributed by atoms with van der Waals surface area (Å²) >= 11 is 1.56. The van der Waals surface area contributed by atoms with E-state index in [1.165, 1.54) is 0 Å².